The molecule has 26 heavy (non-hydrogen) atoms. The van der Waals surface area contributed by atoms with Crippen molar-refractivity contribution in [1.82, 2.24) is 9.80 Å². The second-order valence-electron chi connectivity index (χ2n) is 6.79. The van der Waals surface area contributed by atoms with Gasteiger partial charge in [-0.3, -0.25) is 9.89 Å². The molecule has 0 bridgehead atoms. The van der Waals surface area contributed by atoms with Crippen molar-refractivity contribution in [3.05, 3.63) is 29.8 Å². The molecule has 5 nitrogen and oxygen atoms in total. The lowest BCUT2D eigenvalue weighted by molar-refractivity contribution is 0.253. The third-order valence-electron chi connectivity index (χ3n) is 4.98. The van der Waals surface area contributed by atoms with Gasteiger partial charge in [0.15, 0.2) is 5.96 Å². The van der Waals surface area contributed by atoms with E-state index in [4.69, 9.17) is 5.73 Å². The zero-order valence-corrected chi connectivity index (χ0v) is 19.0. The highest BCUT2D eigenvalue weighted by molar-refractivity contribution is 14.0. The molecule has 0 atom stereocenters. The van der Waals surface area contributed by atoms with Crippen LogP contribution in [0.25, 0.3) is 0 Å². The molecule has 0 radical (unpaired) electrons. The molecule has 1 saturated heterocycles. The minimum atomic E-state index is 0. The molecule has 1 aromatic carbocycles. The highest BCUT2D eigenvalue weighted by atomic mass is 127. The molecular formula is C20H36IN5. The van der Waals surface area contributed by atoms with Crippen LogP contribution in [0.2, 0.25) is 0 Å². The van der Waals surface area contributed by atoms with E-state index >= 15 is 0 Å². The molecule has 148 valence electrons. The quantitative estimate of drug-likeness (QED) is 0.273. The number of guanidine groups is 1. The molecule has 1 fully saturated rings. The number of aryl methyl sites for hydroxylation is 1. The minimum Gasteiger partial charge on any atom is -0.370 e. The van der Waals surface area contributed by atoms with Crippen molar-refractivity contribution in [2.24, 2.45) is 10.7 Å². The first-order chi connectivity index (χ1) is 12.1. The van der Waals surface area contributed by atoms with Gasteiger partial charge in [0.05, 0.1) is 0 Å². The lowest BCUT2D eigenvalue weighted by Crippen LogP contribution is -2.46. The Morgan fingerprint density at radius 1 is 1.12 bits per heavy atom. The van der Waals surface area contributed by atoms with Gasteiger partial charge in [0.2, 0.25) is 0 Å². The predicted molar refractivity (Wildman–Crippen MR) is 124 cm³/mol. The molecule has 0 unspecified atom stereocenters. The van der Waals surface area contributed by atoms with Gasteiger partial charge in [-0.25, -0.2) is 0 Å². The van der Waals surface area contributed by atoms with Gasteiger partial charge in [0, 0.05) is 51.5 Å². The van der Waals surface area contributed by atoms with Crippen LogP contribution in [-0.4, -0.2) is 68.1 Å². The number of aliphatic imine (C=N–C) groups is 1. The summed E-state index contributed by atoms with van der Waals surface area (Å²) in [6.45, 7) is 14.8. The van der Waals surface area contributed by atoms with Gasteiger partial charge in [0.1, 0.15) is 0 Å². The fourth-order valence-corrected chi connectivity index (χ4v) is 3.34. The lowest BCUT2D eigenvalue weighted by atomic mass is 10.2. The van der Waals surface area contributed by atoms with Crippen LogP contribution in [0.5, 0.6) is 0 Å². The fraction of sp³-hybridized carbons (Fsp3) is 0.650. The maximum Gasteiger partial charge on any atom is 0.191 e. The fourth-order valence-electron chi connectivity index (χ4n) is 3.34. The summed E-state index contributed by atoms with van der Waals surface area (Å²) in [6, 6.07) is 8.83. The highest BCUT2D eigenvalue weighted by Crippen LogP contribution is 2.17. The number of anilines is 1. The van der Waals surface area contributed by atoms with Crippen molar-refractivity contribution in [1.29, 1.82) is 0 Å². The van der Waals surface area contributed by atoms with Crippen LogP contribution in [0.3, 0.4) is 0 Å². The van der Waals surface area contributed by atoms with E-state index in [1.807, 2.05) is 0 Å². The van der Waals surface area contributed by atoms with Gasteiger partial charge in [-0.2, -0.15) is 0 Å². The van der Waals surface area contributed by atoms with Gasteiger partial charge in [-0.05, 0) is 57.9 Å². The molecule has 0 amide bonds. The summed E-state index contributed by atoms with van der Waals surface area (Å²) in [6.07, 6.45) is 2.31. The van der Waals surface area contributed by atoms with Crippen LogP contribution in [-0.2, 0) is 0 Å². The summed E-state index contributed by atoms with van der Waals surface area (Å²) in [5, 5.41) is 0. The number of rotatable bonds is 8. The van der Waals surface area contributed by atoms with Gasteiger partial charge in [0.25, 0.3) is 0 Å². The zero-order valence-electron chi connectivity index (χ0n) is 16.7. The van der Waals surface area contributed by atoms with Crippen LogP contribution in [0.1, 0.15) is 32.3 Å². The van der Waals surface area contributed by atoms with E-state index in [9.17, 15) is 0 Å². The second-order valence-corrected chi connectivity index (χ2v) is 6.79. The van der Waals surface area contributed by atoms with Crippen molar-refractivity contribution in [2.45, 2.75) is 33.6 Å². The maximum absolute atomic E-state index is 6.01. The lowest BCUT2D eigenvalue weighted by Gasteiger charge is -2.36. The minimum absolute atomic E-state index is 0. The van der Waals surface area contributed by atoms with Gasteiger partial charge in [-0.15, -0.1) is 24.0 Å². The number of unbranched alkanes of at least 4 members (excludes halogenated alkanes) is 1. The van der Waals surface area contributed by atoms with E-state index < -0.39 is 0 Å². The number of nitrogens with two attached hydrogens (primary N) is 1. The maximum atomic E-state index is 6.01. The molecular weight excluding hydrogens is 437 g/mol. The molecule has 2 rings (SSSR count). The van der Waals surface area contributed by atoms with Gasteiger partial charge >= 0.3 is 0 Å². The number of piperazine rings is 1. The molecule has 2 N–H and O–H groups in total. The van der Waals surface area contributed by atoms with E-state index in [1.54, 1.807) is 0 Å². The summed E-state index contributed by atoms with van der Waals surface area (Å²) in [7, 11) is 0. The summed E-state index contributed by atoms with van der Waals surface area (Å²) >= 11 is 0. The van der Waals surface area contributed by atoms with E-state index in [0.29, 0.717) is 5.96 Å². The zero-order chi connectivity index (χ0) is 18.1. The van der Waals surface area contributed by atoms with Crippen molar-refractivity contribution >= 4 is 35.6 Å². The van der Waals surface area contributed by atoms with Crippen LogP contribution in [0.4, 0.5) is 5.69 Å². The third kappa shape index (κ3) is 7.31. The largest absolute Gasteiger partial charge is 0.370 e. The van der Waals surface area contributed by atoms with Gasteiger partial charge in [-0.1, -0.05) is 12.1 Å². The van der Waals surface area contributed by atoms with Crippen LogP contribution >= 0.6 is 24.0 Å². The third-order valence-corrected chi connectivity index (χ3v) is 4.98. The first-order valence-electron chi connectivity index (χ1n) is 9.72. The molecule has 0 aromatic heterocycles. The predicted octanol–water partition coefficient (Wildman–Crippen LogP) is 3.17. The van der Waals surface area contributed by atoms with E-state index in [2.05, 4.69) is 64.7 Å². The summed E-state index contributed by atoms with van der Waals surface area (Å²) in [4.78, 5) is 11.7. The van der Waals surface area contributed by atoms with E-state index in [-0.39, 0.29) is 24.0 Å². The van der Waals surface area contributed by atoms with Crippen molar-refractivity contribution in [3.63, 3.8) is 0 Å². The Balaban J connectivity index is 0.00000338. The molecule has 6 heteroatoms. The van der Waals surface area contributed by atoms with Crippen molar-refractivity contribution in [2.75, 3.05) is 57.3 Å². The normalized spacial score (nSPS) is 15.7. The molecule has 1 aromatic rings. The molecule has 0 spiro atoms. The molecule has 1 aliphatic rings. The standard InChI is InChI=1S/C20H35N5.HI/c1-4-24(5-2)20(21)22-11-6-7-12-23-13-15-25(16-14-23)19-10-8-9-18(3)17-19;/h8-10,17H,4-7,11-16H2,1-3H3,(H2,21,22);1H. The first-order valence-corrected chi connectivity index (χ1v) is 9.72. The highest BCUT2D eigenvalue weighted by Gasteiger charge is 2.16. The molecule has 0 saturated carbocycles. The number of benzene rings is 1. The van der Waals surface area contributed by atoms with Crippen LogP contribution in [0, 0.1) is 6.92 Å². The first kappa shape index (κ1) is 23.0. The number of halogens is 1. The average molecular weight is 473 g/mol. The Bertz CT molecular complexity index is 537. The second kappa shape index (κ2) is 12.4. The summed E-state index contributed by atoms with van der Waals surface area (Å²) in [5.41, 5.74) is 8.70. The Kier molecular flexibility index (Phi) is 11.0. The van der Waals surface area contributed by atoms with E-state index in [0.717, 1.165) is 52.2 Å². The Labute approximate surface area is 176 Å². The Hall–Kier alpha value is -1.02. The van der Waals surface area contributed by atoms with Crippen LogP contribution in [0.15, 0.2) is 29.3 Å². The van der Waals surface area contributed by atoms with Crippen molar-refractivity contribution in [3.8, 4) is 0 Å². The molecule has 1 aliphatic heterocycles. The summed E-state index contributed by atoms with van der Waals surface area (Å²) < 4.78 is 0. The number of hydrogen-bond donors (Lipinski definition) is 1. The monoisotopic (exact) mass is 473 g/mol. The summed E-state index contributed by atoms with van der Waals surface area (Å²) in [5.74, 6) is 0.691. The number of nitrogens with zero attached hydrogens (tertiary/aromatic N) is 4. The smallest absolute Gasteiger partial charge is 0.191 e. The number of hydrogen-bond acceptors (Lipinski definition) is 3. The topological polar surface area (TPSA) is 48.1 Å². The van der Waals surface area contributed by atoms with Crippen LogP contribution < -0.4 is 10.6 Å². The Morgan fingerprint density at radius 3 is 2.42 bits per heavy atom. The van der Waals surface area contributed by atoms with Crippen molar-refractivity contribution < 1.29 is 0 Å². The average Bonchev–Trinajstić information content (AvgIpc) is 2.63. The molecule has 1 heterocycles. The molecule has 0 aliphatic carbocycles. The SMILES string of the molecule is CCN(CC)C(N)=NCCCCN1CCN(c2cccc(C)c2)CC1.I. The van der Waals surface area contributed by atoms with Gasteiger partial charge < -0.3 is 15.5 Å². The van der Waals surface area contributed by atoms with E-state index in [1.165, 1.54) is 24.2 Å². The Morgan fingerprint density at radius 2 is 1.81 bits per heavy atom.